The molecule has 0 saturated heterocycles. The monoisotopic (exact) mass is 408 g/mol. The van der Waals surface area contributed by atoms with Crippen molar-refractivity contribution in [2.45, 2.75) is 19.9 Å². The molecular weight excluding hydrogens is 384 g/mol. The molecule has 0 fully saturated rings. The van der Waals surface area contributed by atoms with E-state index in [1.54, 1.807) is 32.5 Å². The second-order valence-electron chi connectivity index (χ2n) is 6.69. The maximum absolute atomic E-state index is 12.2. The van der Waals surface area contributed by atoms with E-state index in [0.717, 1.165) is 5.56 Å². The maximum atomic E-state index is 12.2. The number of benzene rings is 2. The van der Waals surface area contributed by atoms with Crippen LogP contribution in [0.1, 0.15) is 22.8 Å². The lowest BCUT2D eigenvalue weighted by Crippen LogP contribution is -2.29. The number of ketones is 1. The minimum atomic E-state index is -0.174. The van der Waals surface area contributed by atoms with Gasteiger partial charge in [-0.05, 0) is 31.0 Å². The number of nitrogens with one attached hydrogen (secondary N) is 1. The lowest BCUT2D eigenvalue weighted by Gasteiger charge is -2.10. The Bertz CT molecular complexity index is 1050. The molecule has 156 valence electrons. The minimum Gasteiger partial charge on any atom is -0.493 e. The average molecular weight is 408 g/mol. The highest BCUT2D eigenvalue weighted by atomic mass is 16.5. The summed E-state index contributed by atoms with van der Waals surface area (Å²) in [5, 5.41) is 11.0. The third-order valence-electron chi connectivity index (χ3n) is 4.61. The molecule has 0 unspecified atom stereocenters. The smallest absolute Gasteiger partial charge is 0.241 e. The summed E-state index contributed by atoms with van der Waals surface area (Å²) < 4.78 is 12.0. The number of aromatic nitrogens is 3. The van der Waals surface area contributed by atoms with Crippen LogP contribution in [0.25, 0.3) is 11.3 Å². The van der Waals surface area contributed by atoms with Crippen molar-refractivity contribution in [3.05, 3.63) is 59.8 Å². The Morgan fingerprint density at radius 3 is 2.57 bits per heavy atom. The van der Waals surface area contributed by atoms with E-state index in [0.29, 0.717) is 41.3 Å². The summed E-state index contributed by atoms with van der Waals surface area (Å²) in [6.07, 6.45) is 2.32. The lowest BCUT2D eigenvalue weighted by atomic mass is 10.0. The summed E-state index contributed by atoms with van der Waals surface area (Å²) in [6, 6.07) is 12.9. The van der Waals surface area contributed by atoms with Gasteiger partial charge in [0.1, 0.15) is 12.2 Å². The first-order valence-corrected chi connectivity index (χ1v) is 9.50. The molecule has 3 rings (SSSR count). The van der Waals surface area contributed by atoms with Crippen LogP contribution >= 0.6 is 0 Å². The number of Topliss-reactive ketones (excluding diaryl/α,β-unsaturated/α-hetero) is 1. The minimum absolute atomic E-state index is 0.0428. The summed E-state index contributed by atoms with van der Waals surface area (Å²) in [4.78, 5) is 24.1. The van der Waals surface area contributed by atoms with Crippen molar-refractivity contribution in [3.8, 4) is 22.8 Å². The molecule has 0 saturated carbocycles. The number of nitrogens with zero attached hydrogens (tertiary/aromatic N) is 3. The fraction of sp³-hybridized carbons (Fsp3) is 0.273. The summed E-state index contributed by atoms with van der Waals surface area (Å²) in [5.74, 6) is 1.10. The van der Waals surface area contributed by atoms with Crippen LogP contribution in [0.4, 0.5) is 0 Å². The van der Waals surface area contributed by atoms with E-state index in [9.17, 15) is 9.59 Å². The van der Waals surface area contributed by atoms with Gasteiger partial charge in [0.25, 0.3) is 0 Å². The Hall–Kier alpha value is -3.68. The molecule has 2 aromatic carbocycles. The third kappa shape index (κ3) is 5.02. The van der Waals surface area contributed by atoms with Gasteiger partial charge in [-0.1, -0.05) is 35.5 Å². The van der Waals surface area contributed by atoms with Crippen LogP contribution in [0.5, 0.6) is 11.5 Å². The topological polar surface area (TPSA) is 95.3 Å². The number of carbonyl (C=O) groups is 2. The Morgan fingerprint density at radius 2 is 1.83 bits per heavy atom. The van der Waals surface area contributed by atoms with E-state index >= 15 is 0 Å². The van der Waals surface area contributed by atoms with Gasteiger partial charge in [-0.25, -0.2) is 4.68 Å². The molecule has 0 radical (unpaired) electrons. The van der Waals surface area contributed by atoms with Crippen LogP contribution in [0, 0.1) is 0 Å². The highest BCUT2D eigenvalue weighted by Crippen LogP contribution is 2.27. The van der Waals surface area contributed by atoms with Crippen molar-refractivity contribution in [2.24, 2.45) is 0 Å². The zero-order valence-corrected chi connectivity index (χ0v) is 17.2. The van der Waals surface area contributed by atoms with Gasteiger partial charge in [0, 0.05) is 17.7 Å². The number of rotatable bonds is 9. The fourth-order valence-corrected chi connectivity index (χ4v) is 3.10. The molecule has 3 aromatic rings. The average Bonchev–Trinajstić information content (AvgIpc) is 3.21. The van der Waals surface area contributed by atoms with E-state index < -0.39 is 0 Å². The van der Waals surface area contributed by atoms with Gasteiger partial charge in [-0.2, -0.15) is 0 Å². The molecule has 0 spiro atoms. The number of ether oxygens (including phenoxy) is 2. The van der Waals surface area contributed by atoms with Crippen molar-refractivity contribution < 1.29 is 19.1 Å². The van der Waals surface area contributed by atoms with E-state index in [1.807, 2.05) is 30.3 Å². The molecule has 0 aliphatic heterocycles. The van der Waals surface area contributed by atoms with Crippen LogP contribution in [0.3, 0.4) is 0 Å². The van der Waals surface area contributed by atoms with Gasteiger partial charge in [0.15, 0.2) is 17.3 Å². The van der Waals surface area contributed by atoms with Crippen LogP contribution in [0.15, 0.2) is 48.7 Å². The van der Waals surface area contributed by atoms with E-state index in [-0.39, 0.29) is 18.2 Å². The van der Waals surface area contributed by atoms with Gasteiger partial charge >= 0.3 is 0 Å². The quantitative estimate of drug-likeness (QED) is 0.547. The predicted octanol–water partition coefficient (Wildman–Crippen LogP) is 2.52. The third-order valence-corrected chi connectivity index (χ3v) is 4.61. The second-order valence-corrected chi connectivity index (χ2v) is 6.69. The molecule has 0 atom stereocenters. The number of hydrogen-bond donors (Lipinski definition) is 1. The fourth-order valence-electron chi connectivity index (χ4n) is 3.10. The van der Waals surface area contributed by atoms with Crippen molar-refractivity contribution >= 4 is 11.7 Å². The molecule has 1 heterocycles. The summed E-state index contributed by atoms with van der Waals surface area (Å²) in [6.45, 7) is 2.03. The zero-order chi connectivity index (χ0) is 21.5. The number of carbonyl (C=O) groups excluding carboxylic acids is 2. The molecule has 8 heteroatoms. The highest BCUT2D eigenvalue weighted by Gasteiger charge is 2.13. The second kappa shape index (κ2) is 9.69. The van der Waals surface area contributed by atoms with Crippen molar-refractivity contribution in [2.75, 3.05) is 20.8 Å². The standard InChI is InChI=1S/C22H24N4O4/c1-15(27)17-6-4-5-7-18(17)19-13-26(25-24-19)14-22(28)23-11-10-16-8-9-20(29-2)21(12-16)30-3/h4-9,12-13H,10-11,14H2,1-3H3,(H,23,28). The van der Waals surface area contributed by atoms with Crippen molar-refractivity contribution in [3.63, 3.8) is 0 Å². The first kappa shape index (κ1) is 21.0. The molecular formula is C22H24N4O4. The van der Waals surface area contributed by atoms with Crippen LogP contribution in [-0.2, 0) is 17.8 Å². The van der Waals surface area contributed by atoms with Gasteiger partial charge in [0.05, 0.1) is 20.4 Å². The van der Waals surface area contributed by atoms with E-state index in [2.05, 4.69) is 15.6 Å². The summed E-state index contributed by atoms with van der Waals surface area (Å²) >= 11 is 0. The number of hydrogen-bond acceptors (Lipinski definition) is 6. The van der Waals surface area contributed by atoms with Crippen molar-refractivity contribution in [1.82, 2.24) is 20.3 Å². The first-order valence-electron chi connectivity index (χ1n) is 9.50. The van der Waals surface area contributed by atoms with Crippen LogP contribution in [0.2, 0.25) is 0 Å². The molecule has 30 heavy (non-hydrogen) atoms. The number of methoxy groups -OCH3 is 2. The van der Waals surface area contributed by atoms with Gasteiger partial charge in [0.2, 0.25) is 5.91 Å². The summed E-state index contributed by atoms with van der Waals surface area (Å²) in [5.41, 5.74) is 2.85. The summed E-state index contributed by atoms with van der Waals surface area (Å²) in [7, 11) is 3.18. The first-order chi connectivity index (χ1) is 14.5. The molecule has 1 N–H and O–H groups in total. The number of amides is 1. The van der Waals surface area contributed by atoms with Gasteiger partial charge < -0.3 is 14.8 Å². The van der Waals surface area contributed by atoms with E-state index in [4.69, 9.17) is 9.47 Å². The van der Waals surface area contributed by atoms with Crippen molar-refractivity contribution in [1.29, 1.82) is 0 Å². The molecule has 0 bridgehead atoms. The maximum Gasteiger partial charge on any atom is 0.241 e. The Kier molecular flexibility index (Phi) is 6.79. The Morgan fingerprint density at radius 1 is 1.07 bits per heavy atom. The van der Waals surface area contributed by atoms with Gasteiger partial charge in [-0.3, -0.25) is 9.59 Å². The normalized spacial score (nSPS) is 10.5. The molecule has 1 aromatic heterocycles. The molecule has 1 amide bonds. The van der Waals surface area contributed by atoms with E-state index in [1.165, 1.54) is 11.6 Å². The molecule has 8 nitrogen and oxygen atoms in total. The van der Waals surface area contributed by atoms with Crippen LogP contribution < -0.4 is 14.8 Å². The Balaban J connectivity index is 1.56. The molecule has 0 aliphatic carbocycles. The SMILES string of the molecule is COc1ccc(CCNC(=O)Cn2cc(-c3ccccc3C(C)=O)nn2)cc1OC. The Labute approximate surface area is 174 Å². The highest BCUT2D eigenvalue weighted by molar-refractivity contribution is 6.00. The van der Waals surface area contributed by atoms with Crippen LogP contribution in [-0.4, -0.2) is 47.4 Å². The molecule has 0 aliphatic rings. The predicted molar refractivity (Wildman–Crippen MR) is 112 cm³/mol. The van der Waals surface area contributed by atoms with Gasteiger partial charge in [-0.15, -0.1) is 5.10 Å². The lowest BCUT2D eigenvalue weighted by molar-refractivity contribution is -0.121. The zero-order valence-electron chi connectivity index (χ0n) is 17.2. The largest absolute Gasteiger partial charge is 0.493 e.